The van der Waals surface area contributed by atoms with E-state index in [1.807, 2.05) is 0 Å². The van der Waals surface area contributed by atoms with E-state index in [1.54, 1.807) is 6.07 Å². The lowest BCUT2D eigenvalue weighted by Gasteiger charge is -1.96. The SMILES string of the molecule is COc1ccc(NC(C)=O)ccc1=O. The molecule has 0 radical (unpaired) electrons. The quantitative estimate of drug-likeness (QED) is 0.762. The molecule has 1 rings (SSSR count). The van der Waals surface area contributed by atoms with Crippen molar-refractivity contribution in [2.24, 2.45) is 0 Å². The summed E-state index contributed by atoms with van der Waals surface area (Å²) in [6, 6.07) is 6.02. The van der Waals surface area contributed by atoms with Crippen LogP contribution in [0.1, 0.15) is 6.92 Å². The molecule has 14 heavy (non-hydrogen) atoms. The lowest BCUT2D eigenvalue weighted by atomic mass is 10.4. The third kappa shape index (κ3) is 2.58. The van der Waals surface area contributed by atoms with Crippen molar-refractivity contribution in [1.29, 1.82) is 0 Å². The van der Waals surface area contributed by atoms with Crippen LogP contribution < -0.4 is 15.5 Å². The Morgan fingerprint density at radius 2 is 1.93 bits per heavy atom. The average Bonchev–Trinajstić information content (AvgIpc) is 2.28. The molecule has 0 saturated carbocycles. The van der Waals surface area contributed by atoms with Crippen molar-refractivity contribution in [1.82, 2.24) is 0 Å². The molecule has 0 aromatic heterocycles. The average molecular weight is 193 g/mol. The van der Waals surface area contributed by atoms with E-state index in [9.17, 15) is 9.59 Å². The van der Waals surface area contributed by atoms with Gasteiger partial charge in [-0.15, -0.1) is 0 Å². The molecule has 0 heterocycles. The maximum Gasteiger partial charge on any atom is 0.221 e. The molecule has 4 heteroatoms. The second-order valence-electron chi connectivity index (χ2n) is 2.74. The van der Waals surface area contributed by atoms with Crippen LogP contribution in [0.3, 0.4) is 0 Å². The Hall–Kier alpha value is -1.84. The molecule has 0 bridgehead atoms. The molecule has 0 fully saturated rings. The highest BCUT2D eigenvalue weighted by Crippen LogP contribution is 2.07. The molecule has 1 amide bonds. The van der Waals surface area contributed by atoms with E-state index in [0.29, 0.717) is 5.69 Å². The van der Waals surface area contributed by atoms with E-state index < -0.39 is 0 Å². The molecule has 4 nitrogen and oxygen atoms in total. The minimum absolute atomic E-state index is 0.178. The van der Waals surface area contributed by atoms with Crippen LogP contribution in [0.5, 0.6) is 5.75 Å². The van der Waals surface area contributed by atoms with Crippen molar-refractivity contribution in [2.45, 2.75) is 6.92 Å². The fourth-order valence-corrected chi connectivity index (χ4v) is 1.01. The minimum Gasteiger partial charge on any atom is -0.493 e. The Morgan fingerprint density at radius 3 is 2.50 bits per heavy atom. The summed E-state index contributed by atoms with van der Waals surface area (Å²) in [6.45, 7) is 1.41. The second-order valence-corrected chi connectivity index (χ2v) is 2.74. The lowest BCUT2D eigenvalue weighted by molar-refractivity contribution is -0.114. The highest BCUT2D eigenvalue weighted by Gasteiger charge is 1.97. The standard InChI is InChI=1S/C10H11NO3/c1-7(12)11-8-3-5-9(13)10(14-2)6-4-8/h3-6H,1-2H3,(H,11,12). The second kappa shape index (κ2) is 4.41. The molecule has 0 atom stereocenters. The van der Waals surface area contributed by atoms with Crippen molar-refractivity contribution in [3.63, 3.8) is 0 Å². The van der Waals surface area contributed by atoms with Gasteiger partial charge in [-0.1, -0.05) is 0 Å². The third-order valence-corrected chi connectivity index (χ3v) is 1.61. The van der Waals surface area contributed by atoms with Gasteiger partial charge in [0.15, 0.2) is 5.75 Å². The van der Waals surface area contributed by atoms with Gasteiger partial charge in [0.2, 0.25) is 11.3 Å². The van der Waals surface area contributed by atoms with Crippen LogP contribution in [-0.4, -0.2) is 13.0 Å². The van der Waals surface area contributed by atoms with Crippen LogP contribution in [-0.2, 0) is 4.79 Å². The zero-order valence-electron chi connectivity index (χ0n) is 8.03. The van der Waals surface area contributed by atoms with Gasteiger partial charge in [-0.25, -0.2) is 0 Å². The van der Waals surface area contributed by atoms with E-state index in [1.165, 1.54) is 32.2 Å². The van der Waals surface area contributed by atoms with Gasteiger partial charge in [-0.2, -0.15) is 0 Å². The monoisotopic (exact) mass is 193 g/mol. The smallest absolute Gasteiger partial charge is 0.221 e. The molecule has 0 saturated heterocycles. The van der Waals surface area contributed by atoms with Crippen LogP contribution in [0.15, 0.2) is 29.1 Å². The summed E-state index contributed by atoms with van der Waals surface area (Å²) in [6.07, 6.45) is 0. The molecule has 0 spiro atoms. The van der Waals surface area contributed by atoms with Crippen molar-refractivity contribution >= 4 is 11.6 Å². The summed E-state index contributed by atoms with van der Waals surface area (Å²) in [7, 11) is 1.43. The summed E-state index contributed by atoms with van der Waals surface area (Å²) in [4.78, 5) is 22.0. The third-order valence-electron chi connectivity index (χ3n) is 1.61. The van der Waals surface area contributed by atoms with Crippen molar-refractivity contribution in [2.75, 3.05) is 12.4 Å². The predicted octanol–water partition coefficient (Wildman–Crippen LogP) is 1.01. The van der Waals surface area contributed by atoms with E-state index in [4.69, 9.17) is 4.74 Å². The first-order valence-corrected chi connectivity index (χ1v) is 4.09. The van der Waals surface area contributed by atoms with Gasteiger partial charge in [0.25, 0.3) is 0 Å². The number of nitrogens with one attached hydrogen (secondary N) is 1. The maximum absolute atomic E-state index is 11.3. The molecule has 1 N–H and O–H groups in total. The Morgan fingerprint density at radius 1 is 1.29 bits per heavy atom. The zero-order chi connectivity index (χ0) is 10.6. The molecule has 0 aliphatic carbocycles. The van der Waals surface area contributed by atoms with Crippen LogP contribution >= 0.6 is 0 Å². The van der Waals surface area contributed by atoms with Crippen LogP contribution in [0.4, 0.5) is 5.69 Å². The van der Waals surface area contributed by atoms with Gasteiger partial charge in [0, 0.05) is 12.6 Å². The van der Waals surface area contributed by atoms with Crippen molar-refractivity contribution in [3.8, 4) is 5.75 Å². The molecule has 1 aromatic carbocycles. The molecule has 1 aromatic rings. The zero-order valence-corrected chi connectivity index (χ0v) is 8.03. The lowest BCUT2D eigenvalue weighted by Crippen LogP contribution is -2.04. The number of hydrogen-bond donors (Lipinski definition) is 1. The van der Waals surface area contributed by atoms with E-state index in [-0.39, 0.29) is 17.1 Å². The van der Waals surface area contributed by atoms with Crippen molar-refractivity contribution in [3.05, 3.63) is 34.5 Å². The summed E-state index contributed by atoms with van der Waals surface area (Å²) in [5, 5.41) is 2.57. The minimum atomic E-state index is -0.218. The van der Waals surface area contributed by atoms with Crippen LogP contribution in [0.25, 0.3) is 0 Å². The number of carbonyl (C=O) groups is 1. The van der Waals surface area contributed by atoms with Gasteiger partial charge >= 0.3 is 0 Å². The van der Waals surface area contributed by atoms with Crippen molar-refractivity contribution < 1.29 is 9.53 Å². The number of anilines is 1. The fraction of sp³-hybridized carbons (Fsp3) is 0.200. The number of rotatable bonds is 2. The molecule has 0 unspecified atom stereocenters. The van der Waals surface area contributed by atoms with Gasteiger partial charge in [0.1, 0.15) is 0 Å². The Kier molecular flexibility index (Phi) is 3.23. The van der Waals surface area contributed by atoms with E-state index in [2.05, 4.69) is 5.32 Å². The number of methoxy groups -OCH3 is 1. The summed E-state index contributed by atoms with van der Waals surface area (Å²) < 4.78 is 4.84. The topological polar surface area (TPSA) is 55.4 Å². The van der Waals surface area contributed by atoms with Gasteiger partial charge in [0.05, 0.1) is 7.11 Å². The summed E-state index contributed by atoms with van der Waals surface area (Å²) >= 11 is 0. The molecular formula is C10H11NO3. The first-order chi connectivity index (χ1) is 6.63. The predicted molar refractivity (Wildman–Crippen MR) is 53.6 cm³/mol. The van der Waals surface area contributed by atoms with Gasteiger partial charge < -0.3 is 10.1 Å². The number of ether oxygens (including phenoxy) is 1. The number of carbonyl (C=O) groups excluding carboxylic acids is 1. The van der Waals surface area contributed by atoms with Gasteiger partial charge in [-0.05, 0) is 24.3 Å². The Bertz CT molecular complexity index is 401. The highest BCUT2D eigenvalue weighted by atomic mass is 16.5. The number of amides is 1. The summed E-state index contributed by atoms with van der Waals surface area (Å²) in [5.41, 5.74) is 0.349. The Labute approximate surface area is 81.5 Å². The van der Waals surface area contributed by atoms with E-state index >= 15 is 0 Å². The fourth-order valence-electron chi connectivity index (χ4n) is 1.01. The highest BCUT2D eigenvalue weighted by molar-refractivity contribution is 5.88. The Balaban J connectivity index is 3.09. The number of hydrogen-bond acceptors (Lipinski definition) is 3. The normalized spacial score (nSPS) is 9.29. The maximum atomic E-state index is 11.3. The van der Waals surface area contributed by atoms with Crippen LogP contribution in [0, 0.1) is 0 Å². The van der Waals surface area contributed by atoms with Gasteiger partial charge in [-0.3, -0.25) is 9.59 Å². The first kappa shape index (κ1) is 10.2. The molecule has 0 aliphatic heterocycles. The summed E-state index contributed by atoms with van der Waals surface area (Å²) in [5.74, 6) is 0.0733. The van der Waals surface area contributed by atoms with E-state index in [0.717, 1.165) is 0 Å². The largest absolute Gasteiger partial charge is 0.493 e. The first-order valence-electron chi connectivity index (χ1n) is 4.09. The molecule has 0 aliphatic rings. The molecule has 74 valence electrons. The molecular weight excluding hydrogens is 182 g/mol. The van der Waals surface area contributed by atoms with Crippen LogP contribution in [0.2, 0.25) is 0 Å².